The Balaban J connectivity index is 2.39. The summed E-state index contributed by atoms with van der Waals surface area (Å²) in [7, 11) is 0. The van der Waals surface area contributed by atoms with Crippen LogP contribution in [0.1, 0.15) is 5.56 Å². The molecule has 1 rings (SSSR count). The lowest BCUT2D eigenvalue weighted by Crippen LogP contribution is -3.99. The third-order valence-electron chi connectivity index (χ3n) is 1.15. The Morgan fingerprint density at radius 3 is 2.36 bits per heavy atom. The molecule has 3 nitrogen and oxygen atoms in total. The smallest absolute Gasteiger partial charge is 0.396 e. The van der Waals surface area contributed by atoms with Crippen molar-refractivity contribution >= 4 is 0 Å². The summed E-state index contributed by atoms with van der Waals surface area (Å²) < 4.78 is 24.6. The first-order chi connectivity index (χ1) is 5.29. The fraction of sp³-hybridized carbons (Fsp3) is 0.143. The van der Waals surface area contributed by atoms with Crippen LogP contribution in [0.5, 0.6) is 0 Å². The van der Waals surface area contributed by atoms with E-state index < -0.39 is 21.1 Å². The molecule has 0 radical (unpaired) electrons. The Bertz CT molecular complexity index is 200. The van der Waals surface area contributed by atoms with Crippen LogP contribution in [0, 0.1) is 0 Å². The van der Waals surface area contributed by atoms with Crippen LogP contribution < -0.4 is 27.9 Å². The van der Waals surface area contributed by atoms with Crippen molar-refractivity contribution in [3.63, 3.8) is 0 Å². The van der Waals surface area contributed by atoms with E-state index in [2.05, 4.69) is 3.07 Å². The van der Waals surface area contributed by atoms with Crippen molar-refractivity contribution in [1.29, 1.82) is 0 Å². The van der Waals surface area contributed by atoms with Gasteiger partial charge in [-0.1, -0.05) is 30.3 Å². The molecule has 0 atom stereocenters. The van der Waals surface area contributed by atoms with Gasteiger partial charge in [0.25, 0.3) is 0 Å². The van der Waals surface area contributed by atoms with E-state index in [4.69, 9.17) is 0 Å². The molecular formula is C7H7IO3. The summed E-state index contributed by atoms with van der Waals surface area (Å²) in [5.41, 5.74) is 0.876. The number of halogens is 1. The molecule has 11 heavy (non-hydrogen) atoms. The zero-order valence-electron chi connectivity index (χ0n) is 5.70. The maximum absolute atomic E-state index is 10.1. The molecule has 0 heterocycles. The zero-order valence-corrected chi connectivity index (χ0v) is 7.85. The van der Waals surface area contributed by atoms with E-state index in [-0.39, 0.29) is 6.61 Å². The molecule has 0 saturated carbocycles. The van der Waals surface area contributed by atoms with Crippen LogP contribution in [-0.2, 0) is 9.67 Å². The van der Waals surface area contributed by atoms with Crippen molar-refractivity contribution < 1.29 is 31.0 Å². The first-order valence-electron chi connectivity index (χ1n) is 3.02. The first kappa shape index (κ1) is 8.92. The predicted molar refractivity (Wildman–Crippen MR) is 31.2 cm³/mol. The molecule has 0 bridgehead atoms. The molecular weight excluding hydrogens is 259 g/mol. The predicted octanol–water partition coefficient (Wildman–Crippen LogP) is -3.71. The molecule has 0 saturated heterocycles. The van der Waals surface area contributed by atoms with Gasteiger partial charge >= 0.3 is 21.1 Å². The second kappa shape index (κ2) is 4.66. The SMILES string of the molecule is [O-][I+2]([O-])OCc1ccccc1. The molecule has 0 N–H and O–H groups in total. The molecule has 0 aliphatic heterocycles. The van der Waals surface area contributed by atoms with Gasteiger partial charge in [-0.05, 0) is 8.63 Å². The largest absolute Gasteiger partial charge is 0.507 e. The fourth-order valence-electron chi connectivity index (χ4n) is 0.682. The van der Waals surface area contributed by atoms with Gasteiger partial charge in [-0.15, -0.1) is 0 Å². The number of hydrogen-bond donors (Lipinski definition) is 0. The maximum atomic E-state index is 10.1. The Morgan fingerprint density at radius 1 is 1.18 bits per heavy atom. The molecule has 0 aliphatic carbocycles. The normalized spacial score (nSPS) is 10.5. The number of hydrogen-bond acceptors (Lipinski definition) is 3. The van der Waals surface area contributed by atoms with Gasteiger partial charge in [-0.25, -0.2) is 0 Å². The van der Waals surface area contributed by atoms with Crippen molar-refractivity contribution in [2.45, 2.75) is 6.61 Å². The van der Waals surface area contributed by atoms with Crippen LogP contribution in [0.15, 0.2) is 30.3 Å². The van der Waals surface area contributed by atoms with Crippen molar-refractivity contribution in [3.8, 4) is 0 Å². The topological polar surface area (TPSA) is 55.3 Å². The van der Waals surface area contributed by atoms with Gasteiger partial charge < -0.3 is 6.87 Å². The van der Waals surface area contributed by atoms with Gasteiger partial charge in [0.15, 0.2) is 6.61 Å². The van der Waals surface area contributed by atoms with Crippen LogP contribution in [0.4, 0.5) is 0 Å². The monoisotopic (exact) mass is 266 g/mol. The molecule has 4 heteroatoms. The van der Waals surface area contributed by atoms with Gasteiger partial charge in [0, 0.05) is 0 Å². The minimum Gasteiger partial charge on any atom is -0.396 e. The van der Waals surface area contributed by atoms with Crippen molar-refractivity contribution in [3.05, 3.63) is 35.9 Å². The Morgan fingerprint density at radius 2 is 1.82 bits per heavy atom. The Labute approximate surface area is 73.7 Å². The third kappa shape index (κ3) is 3.66. The molecule has 1 aromatic carbocycles. The molecule has 0 amide bonds. The van der Waals surface area contributed by atoms with Crippen LogP contribution in [0.2, 0.25) is 0 Å². The summed E-state index contributed by atoms with van der Waals surface area (Å²) in [6.45, 7) is 0.165. The van der Waals surface area contributed by atoms with E-state index in [9.17, 15) is 6.87 Å². The standard InChI is InChI=1S/C7H7IO3/c9-8(10)11-6-7-4-2-1-3-5-7/h1-5H,6H2. The summed E-state index contributed by atoms with van der Waals surface area (Å²) in [5.74, 6) is 0. The average Bonchev–Trinajstić information content (AvgIpc) is 2.03. The zero-order chi connectivity index (χ0) is 8.10. The highest BCUT2D eigenvalue weighted by Gasteiger charge is 2.10. The lowest BCUT2D eigenvalue weighted by Gasteiger charge is -1.93. The van der Waals surface area contributed by atoms with E-state index in [1.165, 1.54) is 0 Å². The quantitative estimate of drug-likeness (QED) is 0.529. The first-order valence-corrected chi connectivity index (χ1v) is 5.66. The summed E-state index contributed by atoms with van der Waals surface area (Å²) in [6.07, 6.45) is 0. The van der Waals surface area contributed by atoms with E-state index in [0.29, 0.717) is 0 Å². The van der Waals surface area contributed by atoms with Crippen molar-refractivity contribution in [1.82, 2.24) is 0 Å². The van der Waals surface area contributed by atoms with E-state index >= 15 is 0 Å². The van der Waals surface area contributed by atoms with Crippen molar-refractivity contribution in [2.75, 3.05) is 0 Å². The molecule has 1 aromatic rings. The highest BCUT2D eigenvalue weighted by Crippen LogP contribution is 1.96. The lowest BCUT2D eigenvalue weighted by atomic mass is 10.2. The average molecular weight is 266 g/mol. The highest BCUT2D eigenvalue weighted by atomic mass is 127. The van der Waals surface area contributed by atoms with Crippen LogP contribution in [0.3, 0.4) is 0 Å². The maximum Gasteiger partial charge on any atom is 0.507 e. The molecule has 0 spiro atoms. The van der Waals surface area contributed by atoms with Crippen molar-refractivity contribution in [2.24, 2.45) is 0 Å². The molecule has 60 valence electrons. The Kier molecular flexibility index (Phi) is 3.78. The van der Waals surface area contributed by atoms with Gasteiger partial charge in [0.1, 0.15) is 0 Å². The minimum absolute atomic E-state index is 0.165. The molecule has 0 unspecified atom stereocenters. The Hall–Kier alpha value is -0.170. The van der Waals surface area contributed by atoms with Crippen LogP contribution in [-0.4, -0.2) is 0 Å². The minimum atomic E-state index is -3.49. The fourth-order valence-corrected chi connectivity index (χ4v) is 1.30. The van der Waals surface area contributed by atoms with E-state index in [1.807, 2.05) is 30.3 Å². The molecule has 0 fully saturated rings. The highest BCUT2D eigenvalue weighted by molar-refractivity contribution is 5.13. The molecule has 0 aromatic heterocycles. The van der Waals surface area contributed by atoms with Crippen LogP contribution >= 0.6 is 0 Å². The van der Waals surface area contributed by atoms with Gasteiger partial charge in [0.05, 0.1) is 0 Å². The van der Waals surface area contributed by atoms with Gasteiger partial charge in [-0.2, -0.15) is 0 Å². The van der Waals surface area contributed by atoms with Gasteiger partial charge in [-0.3, -0.25) is 0 Å². The summed E-state index contributed by atoms with van der Waals surface area (Å²) >= 11 is -3.49. The van der Waals surface area contributed by atoms with Crippen LogP contribution in [0.25, 0.3) is 0 Å². The second-order valence-electron chi connectivity index (χ2n) is 1.93. The lowest BCUT2D eigenvalue weighted by molar-refractivity contribution is -1.63. The number of benzene rings is 1. The summed E-state index contributed by atoms with van der Waals surface area (Å²) in [4.78, 5) is 0. The number of rotatable bonds is 3. The second-order valence-corrected chi connectivity index (χ2v) is 3.63. The van der Waals surface area contributed by atoms with Gasteiger partial charge in [0.2, 0.25) is 0 Å². The summed E-state index contributed by atoms with van der Waals surface area (Å²) in [6, 6.07) is 9.19. The van der Waals surface area contributed by atoms with E-state index in [0.717, 1.165) is 5.56 Å². The van der Waals surface area contributed by atoms with E-state index in [1.54, 1.807) is 0 Å². The molecule has 0 aliphatic rings. The summed E-state index contributed by atoms with van der Waals surface area (Å²) in [5, 5.41) is 0. The third-order valence-corrected chi connectivity index (χ3v) is 1.97.